The Hall–Kier alpha value is -1.77. The van der Waals surface area contributed by atoms with Crippen LogP contribution < -0.4 is 0 Å². The average molecular weight is 231 g/mol. The first-order valence-electron chi connectivity index (χ1n) is 5.79. The molecule has 0 aliphatic carbocycles. The molecule has 90 valence electrons. The van der Waals surface area contributed by atoms with E-state index in [1.165, 1.54) is 5.56 Å². The van der Waals surface area contributed by atoms with Crippen LogP contribution in [0.2, 0.25) is 0 Å². The minimum absolute atomic E-state index is 0.0716. The fourth-order valence-electron chi connectivity index (χ4n) is 2.11. The molecule has 1 aromatic heterocycles. The van der Waals surface area contributed by atoms with Gasteiger partial charge in [0.15, 0.2) is 0 Å². The average Bonchev–Trinajstić information content (AvgIpc) is 2.54. The summed E-state index contributed by atoms with van der Waals surface area (Å²) in [4.78, 5) is 10.8. The third-order valence-corrected chi connectivity index (χ3v) is 3.16. The molecular formula is C14H17NO2. The van der Waals surface area contributed by atoms with Crippen LogP contribution in [0.3, 0.4) is 0 Å². The molecular weight excluding hydrogens is 214 g/mol. The molecule has 3 heteroatoms. The van der Waals surface area contributed by atoms with E-state index in [4.69, 9.17) is 5.11 Å². The molecule has 0 radical (unpaired) electrons. The second-order valence-corrected chi connectivity index (χ2v) is 4.74. The van der Waals surface area contributed by atoms with Crippen LogP contribution in [-0.4, -0.2) is 15.6 Å². The van der Waals surface area contributed by atoms with Gasteiger partial charge in [0.25, 0.3) is 0 Å². The second-order valence-electron chi connectivity index (χ2n) is 4.74. The van der Waals surface area contributed by atoms with E-state index in [1.807, 2.05) is 17.7 Å². The molecule has 0 bridgehead atoms. The summed E-state index contributed by atoms with van der Waals surface area (Å²) in [5.41, 5.74) is 3.21. The number of hydrogen-bond donors (Lipinski definition) is 1. The molecule has 0 amide bonds. The highest BCUT2D eigenvalue weighted by Crippen LogP contribution is 2.24. The van der Waals surface area contributed by atoms with Gasteiger partial charge in [0.05, 0.1) is 6.42 Å². The summed E-state index contributed by atoms with van der Waals surface area (Å²) in [6.07, 6.45) is 0.0716. The molecule has 2 aromatic rings. The van der Waals surface area contributed by atoms with Crippen LogP contribution in [0.25, 0.3) is 10.9 Å². The molecule has 1 aromatic carbocycles. The quantitative estimate of drug-likeness (QED) is 0.882. The van der Waals surface area contributed by atoms with Crippen molar-refractivity contribution in [2.75, 3.05) is 0 Å². The van der Waals surface area contributed by atoms with Gasteiger partial charge in [-0.3, -0.25) is 4.79 Å². The zero-order valence-electron chi connectivity index (χ0n) is 10.4. The Labute approximate surface area is 101 Å². The van der Waals surface area contributed by atoms with Crippen LogP contribution in [0.1, 0.15) is 31.0 Å². The van der Waals surface area contributed by atoms with E-state index in [2.05, 4.69) is 32.0 Å². The maximum absolute atomic E-state index is 10.8. The first-order valence-corrected chi connectivity index (χ1v) is 5.79. The molecule has 2 rings (SSSR count). The number of carboxylic acid groups (broad SMARTS) is 1. The second kappa shape index (κ2) is 4.24. The Bertz CT molecular complexity index is 567. The predicted octanol–water partition coefficient (Wildman–Crippen LogP) is 2.93. The summed E-state index contributed by atoms with van der Waals surface area (Å²) in [6.45, 7) is 4.31. The predicted molar refractivity (Wildman–Crippen MR) is 68.3 cm³/mol. The SMILES string of the molecule is CC(C)c1ccc2c(c1)cc(CC(=O)O)n2C. The van der Waals surface area contributed by atoms with Crippen LogP contribution in [0.4, 0.5) is 0 Å². The van der Waals surface area contributed by atoms with E-state index >= 15 is 0 Å². The third kappa shape index (κ3) is 2.18. The van der Waals surface area contributed by atoms with Gasteiger partial charge in [-0.05, 0) is 29.7 Å². The number of aryl methyl sites for hydroxylation is 1. The van der Waals surface area contributed by atoms with Gasteiger partial charge in [0.1, 0.15) is 0 Å². The lowest BCUT2D eigenvalue weighted by atomic mass is 10.0. The number of rotatable bonds is 3. The summed E-state index contributed by atoms with van der Waals surface area (Å²) in [5.74, 6) is -0.303. The Morgan fingerprint density at radius 1 is 1.35 bits per heavy atom. The number of hydrogen-bond acceptors (Lipinski definition) is 1. The van der Waals surface area contributed by atoms with Crippen molar-refractivity contribution >= 4 is 16.9 Å². The van der Waals surface area contributed by atoms with Crippen LogP contribution >= 0.6 is 0 Å². The highest BCUT2D eigenvalue weighted by atomic mass is 16.4. The first-order chi connectivity index (χ1) is 7.99. The molecule has 0 spiro atoms. The summed E-state index contributed by atoms with van der Waals surface area (Å²) in [5, 5.41) is 9.97. The summed E-state index contributed by atoms with van der Waals surface area (Å²) >= 11 is 0. The van der Waals surface area contributed by atoms with Crippen LogP contribution in [-0.2, 0) is 18.3 Å². The highest BCUT2D eigenvalue weighted by Gasteiger charge is 2.10. The van der Waals surface area contributed by atoms with Crippen molar-refractivity contribution in [2.45, 2.75) is 26.2 Å². The molecule has 17 heavy (non-hydrogen) atoms. The minimum Gasteiger partial charge on any atom is -0.481 e. The van der Waals surface area contributed by atoms with Crippen molar-refractivity contribution < 1.29 is 9.90 Å². The lowest BCUT2D eigenvalue weighted by Gasteiger charge is -2.05. The number of aliphatic carboxylic acids is 1. The number of benzene rings is 1. The third-order valence-electron chi connectivity index (χ3n) is 3.16. The van der Waals surface area contributed by atoms with Crippen molar-refractivity contribution in [3.63, 3.8) is 0 Å². The monoisotopic (exact) mass is 231 g/mol. The van der Waals surface area contributed by atoms with Gasteiger partial charge in [-0.25, -0.2) is 0 Å². The Kier molecular flexibility index (Phi) is 2.92. The van der Waals surface area contributed by atoms with E-state index < -0.39 is 5.97 Å². The topological polar surface area (TPSA) is 42.2 Å². The number of carbonyl (C=O) groups is 1. The molecule has 1 N–H and O–H groups in total. The van der Waals surface area contributed by atoms with Crippen molar-refractivity contribution in [3.05, 3.63) is 35.5 Å². The van der Waals surface area contributed by atoms with Crippen LogP contribution in [0.15, 0.2) is 24.3 Å². The van der Waals surface area contributed by atoms with E-state index in [9.17, 15) is 4.79 Å². The molecule has 0 aliphatic heterocycles. The number of aromatic nitrogens is 1. The van der Waals surface area contributed by atoms with Crippen molar-refractivity contribution in [3.8, 4) is 0 Å². The van der Waals surface area contributed by atoms with Crippen molar-refractivity contribution in [1.29, 1.82) is 0 Å². The van der Waals surface area contributed by atoms with E-state index in [-0.39, 0.29) is 6.42 Å². The Morgan fingerprint density at radius 3 is 2.65 bits per heavy atom. The van der Waals surface area contributed by atoms with Crippen molar-refractivity contribution in [1.82, 2.24) is 4.57 Å². The van der Waals surface area contributed by atoms with Gasteiger partial charge in [0, 0.05) is 23.6 Å². The van der Waals surface area contributed by atoms with E-state index in [0.29, 0.717) is 5.92 Å². The molecule has 3 nitrogen and oxygen atoms in total. The number of carboxylic acids is 1. The summed E-state index contributed by atoms with van der Waals surface area (Å²) in [7, 11) is 1.91. The van der Waals surface area contributed by atoms with Crippen molar-refractivity contribution in [2.24, 2.45) is 7.05 Å². The zero-order valence-corrected chi connectivity index (χ0v) is 10.4. The van der Waals surface area contributed by atoms with E-state index in [0.717, 1.165) is 16.6 Å². The standard InChI is InChI=1S/C14H17NO2/c1-9(2)10-4-5-13-11(6-10)7-12(15(13)3)8-14(16)17/h4-7,9H,8H2,1-3H3,(H,16,17). The van der Waals surface area contributed by atoms with Gasteiger partial charge >= 0.3 is 5.97 Å². The smallest absolute Gasteiger partial charge is 0.309 e. The van der Waals surface area contributed by atoms with Gasteiger partial charge < -0.3 is 9.67 Å². The normalized spacial score (nSPS) is 11.3. The molecule has 0 atom stereocenters. The largest absolute Gasteiger partial charge is 0.481 e. The summed E-state index contributed by atoms with van der Waals surface area (Å²) < 4.78 is 1.95. The fraction of sp³-hybridized carbons (Fsp3) is 0.357. The van der Waals surface area contributed by atoms with Gasteiger partial charge in [-0.1, -0.05) is 19.9 Å². The van der Waals surface area contributed by atoms with Gasteiger partial charge in [-0.15, -0.1) is 0 Å². The zero-order chi connectivity index (χ0) is 12.6. The molecule has 0 saturated carbocycles. The molecule has 0 saturated heterocycles. The highest BCUT2D eigenvalue weighted by molar-refractivity contribution is 5.83. The maximum atomic E-state index is 10.8. The van der Waals surface area contributed by atoms with Crippen LogP contribution in [0, 0.1) is 0 Å². The van der Waals surface area contributed by atoms with E-state index in [1.54, 1.807) is 0 Å². The maximum Gasteiger partial charge on any atom is 0.309 e. The summed E-state index contributed by atoms with van der Waals surface area (Å²) in [6, 6.07) is 8.29. The lowest BCUT2D eigenvalue weighted by Crippen LogP contribution is -2.04. The minimum atomic E-state index is -0.792. The van der Waals surface area contributed by atoms with Gasteiger partial charge in [0.2, 0.25) is 0 Å². The van der Waals surface area contributed by atoms with Gasteiger partial charge in [-0.2, -0.15) is 0 Å². The lowest BCUT2D eigenvalue weighted by molar-refractivity contribution is -0.136. The first kappa shape index (κ1) is 11.7. The number of fused-ring (bicyclic) bond motifs is 1. The Balaban J connectivity index is 2.53. The molecule has 0 fully saturated rings. The fourth-order valence-corrected chi connectivity index (χ4v) is 2.11. The molecule has 0 aliphatic rings. The Morgan fingerprint density at radius 2 is 2.06 bits per heavy atom. The number of nitrogens with zero attached hydrogens (tertiary/aromatic N) is 1. The van der Waals surface area contributed by atoms with Crippen LogP contribution in [0.5, 0.6) is 0 Å². The molecule has 0 unspecified atom stereocenters. The molecule has 1 heterocycles.